The zero-order chi connectivity index (χ0) is 19.8. The van der Waals surface area contributed by atoms with E-state index in [9.17, 15) is 5.11 Å². The molecule has 1 heterocycles. The van der Waals surface area contributed by atoms with Crippen molar-refractivity contribution in [3.63, 3.8) is 0 Å². The second kappa shape index (κ2) is 10.9. The van der Waals surface area contributed by atoms with Gasteiger partial charge in [-0.1, -0.05) is 61.0 Å². The van der Waals surface area contributed by atoms with Crippen molar-refractivity contribution >= 4 is 11.6 Å². The van der Waals surface area contributed by atoms with E-state index in [-0.39, 0.29) is 6.10 Å². The van der Waals surface area contributed by atoms with E-state index in [2.05, 4.69) is 41.0 Å². The maximum Gasteiger partial charge on any atom is 0.0900 e. The molecule has 2 aromatic carbocycles. The van der Waals surface area contributed by atoms with Gasteiger partial charge in [0.25, 0.3) is 0 Å². The lowest BCUT2D eigenvalue weighted by atomic mass is 10.1. The molecule has 4 nitrogen and oxygen atoms in total. The van der Waals surface area contributed by atoms with Crippen molar-refractivity contribution in [2.24, 2.45) is 0 Å². The number of ether oxygens (including phenoxy) is 1. The summed E-state index contributed by atoms with van der Waals surface area (Å²) >= 11 is 5.96. The summed E-state index contributed by atoms with van der Waals surface area (Å²) in [6.45, 7) is 8.07. The predicted molar refractivity (Wildman–Crippen MR) is 115 cm³/mol. The fraction of sp³-hybridized carbons (Fsp3) is 0.478. The van der Waals surface area contributed by atoms with E-state index in [1.54, 1.807) is 0 Å². The van der Waals surface area contributed by atoms with E-state index in [0.717, 1.165) is 44.2 Å². The molecule has 3 rings (SSSR count). The third kappa shape index (κ3) is 6.57. The Morgan fingerprint density at radius 2 is 1.61 bits per heavy atom. The van der Waals surface area contributed by atoms with E-state index in [1.165, 1.54) is 11.1 Å². The molecular formula is C23H31ClN2O2. The fourth-order valence-electron chi connectivity index (χ4n) is 3.67. The maximum atomic E-state index is 10.4. The number of hydrogen-bond donors (Lipinski definition) is 1. The van der Waals surface area contributed by atoms with Gasteiger partial charge in [-0.3, -0.25) is 9.80 Å². The number of rotatable bonds is 9. The molecule has 1 saturated heterocycles. The molecule has 152 valence electrons. The largest absolute Gasteiger partial charge is 0.389 e. The van der Waals surface area contributed by atoms with Crippen LogP contribution in [0.4, 0.5) is 0 Å². The second-order valence-corrected chi connectivity index (χ2v) is 7.93. The molecule has 2 aromatic rings. The van der Waals surface area contributed by atoms with Gasteiger partial charge in [0.2, 0.25) is 0 Å². The molecule has 1 aliphatic rings. The minimum Gasteiger partial charge on any atom is -0.389 e. The van der Waals surface area contributed by atoms with Gasteiger partial charge in [0.05, 0.1) is 18.8 Å². The fourth-order valence-corrected chi connectivity index (χ4v) is 3.80. The number of hydrogen-bond acceptors (Lipinski definition) is 4. The Balaban J connectivity index is 1.37. The summed E-state index contributed by atoms with van der Waals surface area (Å²) < 4.78 is 5.99. The van der Waals surface area contributed by atoms with Crippen molar-refractivity contribution in [2.45, 2.75) is 32.1 Å². The van der Waals surface area contributed by atoms with Crippen LogP contribution in [0.25, 0.3) is 0 Å². The molecule has 0 saturated carbocycles. The van der Waals surface area contributed by atoms with Crippen LogP contribution in [0.5, 0.6) is 0 Å². The molecule has 28 heavy (non-hydrogen) atoms. The number of piperazine rings is 1. The van der Waals surface area contributed by atoms with E-state index in [1.807, 2.05) is 30.3 Å². The summed E-state index contributed by atoms with van der Waals surface area (Å²) in [6.07, 6.45) is 0.493. The zero-order valence-corrected chi connectivity index (χ0v) is 17.4. The van der Waals surface area contributed by atoms with Gasteiger partial charge in [-0.2, -0.15) is 0 Å². The van der Waals surface area contributed by atoms with Crippen LogP contribution in [-0.2, 0) is 11.3 Å². The highest BCUT2D eigenvalue weighted by Gasteiger charge is 2.20. The molecule has 1 fully saturated rings. The molecule has 0 aliphatic carbocycles. The van der Waals surface area contributed by atoms with E-state index in [4.69, 9.17) is 16.3 Å². The van der Waals surface area contributed by atoms with Crippen LogP contribution in [0.2, 0.25) is 5.02 Å². The van der Waals surface area contributed by atoms with Crippen LogP contribution < -0.4 is 0 Å². The molecular weight excluding hydrogens is 372 g/mol. The molecule has 5 heteroatoms. The Hall–Kier alpha value is -1.43. The molecule has 0 radical (unpaired) electrons. The van der Waals surface area contributed by atoms with Gasteiger partial charge in [0.1, 0.15) is 0 Å². The van der Waals surface area contributed by atoms with Crippen molar-refractivity contribution in [2.75, 3.05) is 39.3 Å². The highest BCUT2D eigenvalue weighted by atomic mass is 35.5. The number of aliphatic hydroxyl groups excluding tert-OH is 1. The standard InChI is InChI=1S/C23H31ClN2O2/c1-2-23(20-6-4-3-5-7-20)28-18-22(27)17-26-14-12-25(13-15-26)16-19-8-10-21(24)11-9-19/h3-11,22-23,27H,2,12-18H2,1H3/t22-,23+/m1/s1. The molecule has 2 atom stereocenters. The topological polar surface area (TPSA) is 35.9 Å². The average Bonchev–Trinajstić information content (AvgIpc) is 2.72. The number of halogens is 1. The van der Waals surface area contributed by atoms with Crippen LogP contribution in [0.3, 0.4) is 0 Å². The van der Waals surface area contributed by atoms with Crippen LogP contribution in [0.15, 0.2) is 54.6 Å². The number of β-amino-alcohol motifs (C(OH)–C–C–N with tert-alkyl or cyclic N) is 1. The zero-order valence-electron chi connectivity index (χ0n) is 16.6. The monoisotopic (exact) mass is 402 g/mol. The van der Waals surface area contributed by atoms with Crippen molar-refractivity contribution in [3.8, 4) is 0 Å². The summed E-state index contributed by atoms with van der Waals surface area (Å²) in [4.78, 5) is 4.78. The third-order valence-electron chi connectivity index (χ3n) is 5.29. The van der Waals surface area contributed by atoms with Gasteiger partial charge in [0, 0.05) is 44.3 Å². The summed E-state index contributed by atoms with van der Waals surface area (Å²) in [7, 11) is 0. The minimum absolute atomic E-state index is 0.0482. The van der Waals surface area contributed by atoms with Gasteiger partial charge >= 0.3 is 0 Å². The van der Waals surface area contributed by atoms with E-state index >= 15 is 0 Å². The first-order valence-corrected chi connectivity index (χ1v) is 10.6. The van der Waals surface area contributed by atoms with Gasteiger partial charge < -0.3 is 9.84 Å². The number of benzene rings is 2. The molecule has 0 amide bonds. The molecule has 1 aliphatic heterocycles. The Morgan fingerprint density at radius 1 is 0.964 bits per heavy atom. The number of nitrogens with zero attached hydrogens (tertiary/aromatic N) is 2. The molecule has 1 N–H and O–H groups in total. The van der Waals surface area contributed by atoms with Gasteiger partial charge in [-0.15, -0.1) is 0 Å². The van der Waals surface area contributed by atoms with Crippen LogP contribution in [0.1, 0.15) is 30.6 Å². The first-order chi connectivity index (χ1) is 13.6. The first-order valence-electron chi connectivity index (χ1n) is 10.2. The smallest absolute Gasteiger partial charge is 0.0900 e. The summed E-state index contributed by atoms with van der Waals surface area (Å²) in [6, 6.07) is 18.3. The third-order valence-corrected chi connectivity index (χ3v) is 5.54. The van der Waals surface area contributed by atoms with E-state index in [0.29, 0.717) is 13.2 Å². The van der Waals surface area contributed by atoms with Crippen LogP contribution >= 0.6 is 11.6 Å². The van der Waals surface area contributed by atoms with Crippen LogP contribution in [0, 0.1) is 0 Å². The Morgan fingerprint density at radius 3 is 2.25 bits per heavy atom. The van der Waals surface area contributed by atoms with Gasteiger partial charge in [0.15, 0.2) is 0 Å². The second-order valence-electron chi connectivity index (χ2n) is 7.50. The normalized spacial score (nSPS) is 18.1. The quantitative estimate of drug-likeness (QED) is 0.688. The highest BCUT2D eigenvalue weighted by Crippen LogP contribution is 2.21. The summed E-state index contributed by atoms with van der Waals surface area (Å²) in [5.74, 6) is 0. The SMILES string of the molecule is CC[C@H](OC[C@H](O)CN1CCN(Cc2ccc(Cl)cc2)CC1)c1ccccc1. The minimum atomic E-state index is -0.458. The van der Waals surface area contributed by atoms with E-state index < -0.39 is 6.10 Å². The van der Waals surface area contributed by atoms with Crippen molar-refractivity contribution in [1.82, 2.24) is 9.80 Å². The maximum absolute atomic E-state index is 10.4. The summed E-state index contributed by atoms with van der Waals surface area (Å²) in [5.41, 5.74) is 2.46. The van der Waals surface area contributed by atoms with Gasteiger partial charge in [-0.25, -0.2) is 0 Å². The van der Waals surface area contributed by atoms with Gasteiger partial charge in [-0.05, 0) is 29.7 Å². The van der Waals surface area contributed by atoms with Crippen molar-refractivity contribution in [3.05, 3.63) is 70.7 Å². The Labute approximate surface area is 173 Å². The molecule has 0 unspecified atom stereocenters. The van der Waals surface area contributed by atoms with Crippen molar-refractivity contribution in [1.29, 1.82) is 0 Å². The lowest BCUT2D eigenvalue weighted by Crippen LogP contribution is -2.48. The van der Waals surface area contributed by atoms with Crippen molar-refractivity contribution < 1.29 is 9.84 Å². The lowest BCUT2D eigenvalue weighted by Gasteiger charge is -2.35. The first kappa shape index (κ1) is 21.3. The Bertz CT molecular complexity index is 688. The molecule has 0 spiro atoms. The molecule has 0 aromatic heterocycles. The lowest BCUT2D eigenvalue weighted by molar-refractivity contribution is -0.0284. The number of aliphatic hydroxyl groups is 1. The summed E-state index contributed by atoms with van der Waals surface area (Å²) in [5, 5.41) is 11.2. The average molecular weight is 403 g/mol. The van der Waals surface area contributed by atoms with Crippen LogP contribution in [-0.4, -0.2) is 60.3 Å². The Kier molecular flexibility index (Phi) is 8.31. The predicted octanol–water partition coefficient (Wildman–Crippen LogP) is 3.99. The highest BCUT2D eigenvalue weighted by molar-refractivity contribution is 6.30. The molecule has 0 bridgehead atoms.